The molecule has 0 saturated carbocycles. The molecule has 0 radical (unpaired) electrons. The second-order valence-corrected chi connectivity index (χ2v) is 6.67. The van der Waals surface area contributed by atoms with Gasteiger partial charge in [-0.3, -0.25) is 0 Å². The molecule has 1 atom stereocenters. The van der Waals surface area contributed by atoms with Crippen molar-refractivity contribution in [3.05, 3.63) is 34.3 Å². The summed E-state index contributed by atoms with van der Waals surface area (Å²) in [5.74, 6) is 0. The topological polar surface area (TPSA) is 15.3 Å². The van der Waals surface area contributed by atoms with Crippen LogP contribution < -0.4 is 5.32 Å². The number of likely N-dealkylation sites (tertiary alicyclic amines) is 1. The Labute approximate surface area is 125 Å². The lowest BCUT2D eigenvalue weighted by Gasteiger charge is -2.36. The van der Waals surface area contributed by atoms with Crippen LogP contribution in [-0.2, 0) is 0 Å². The van der Waals surface area contributed by atoms with E-state index in [1.165, 1.54) is 36.0 Å². The summed E-state index contributed by atoms with van der Waals surface area (Å²) in [4.78, 5) is 2.57. The molecule has 3 heteroatoms. The van der Waals surface area contributed by atoms with Crippen molar-refractivity contribution in [1.82, 2.24) is 10.2 Å². The van der Waals surface area contributed by atoms with Crippen LogP contribution in [0.4, 0.5) is 0 Å². The van der Waals surface area contributed by atoms with Crippen LogP contribution in [0.5, 0.6) is 0 Å². The Kier molecular flexibility index (Phi) is 5.43. The van der Waals surface area contributed by atoms with Gasteiger partial charge in [-0.25, -0.2) is 0 Å². The van der Waals surface area contributed by atoms with Gasteiger partial charge >= 0.3 is 0 Å². The highest BCUT2D eigenvalue weighted by atomic mass is 79.9. The van der Waals surface area contributed by atoms with Gasteiger partial charge in [-0.15, -0.1) is 0 Å². The molecule has 106 valence electrons. The molecule has 0 amide bonds. The van der Waals surface area contributed by atoms with Crippen LogP contribution in [0.1, 0.15) is 45.2 Å². The van der Waals surface area contributed by atoms with E-state index in [1.807, 2.05) is 0 Å². The summed E-state index contributed by atoms with van der Waals surface area (Å²) in [7, 11) is 0. The summed E-state index contributed by atoms with van der Waals surface area (Å²) < 4.78 is 1.20. The summed E-state index contributed by atoms with van der Waals surface area (Å²) in [6.07, 6.45) is 2.51. The van der Waals surface area contributed by atoms with Crippen LogP contribution >= 0.6 is 15.9 Å². The number of piperidine rings is 1. The number of halogens is 1. The van der Waals surface area contributed by atoms with Gasteiger partial charge in [0.2, 0.25) is 0 Å². The Bertz CT molecular complexity index is 397. The number of hydrogen-bond donors (Lipinski definition) is 1. The summed E-state index contributed by atoms with van der Waals surface area (Å²) >= 11 is 3.64. The van der Waals surface area contributed by atoms with Crippen molar-refractivity contribution in [1.29, 1.82) is 0 Å². The average Bonchev–Trinajstić information content (AvgIpc) is 2.39. The van der Waals surface area contributed by atoms with Gasteiger partial charge in [0.15, 0.2) is 0 Å². The summed E-state index contributed by atoms with van der Waals surface area (Å²) in [5.41, 5.74) is 1.36. The van der Waals surface area contributed by atoms with Crippen molar-refractivity contribution in [2.75, 3.05) is 13.1 Å². The third kappa shape index (κ3) is 4.04. The average molecular weight is 325 g/mol. The summed E-state index contributed by atoms with van der Waals surface area (Å²) in [5, 5.41) is 3.78. The van der Waals surface area contributed by atoms with Gasteiger partial charge in [-0.2, -0.15) is 0 Å². The molecule has 0 aromatic heterocycles. The molecule has 0 aliphatic carbocycles. The predicted octanol–water partition coefficient (Wildman–Crippen LogP) is 3.97. The Morgan fingerprint density at radius 1 is 1.16 bits per heavy atom. The van der Waals surface area contributed by atoms with E-state index in [0.29, 0.717) is 18.1 Å². The first kappa shape index (κ1) is 15.0. The van der Waals surface area contributed by atoms with Gasteiger partial charge in [0.05, 0.1) is 0 Å². The molecule has 1 N–H and O–H groups in total. The molecule has 1 aromatic carbocycles. The van der Waals surface area contributed by atoms with E-state index in [2.05, 4.69) is 71.2 Å². The molecule has 19 heavy (non-hydrogen) atoms. The Balaban J connectivity index is 1.87. The minimum Gasteiger partial charge on any atom is -0.307 e. The minimum atomic E-state index is 0.408. The van der Waals surface area contributed by atoms with Crippen LogP contribution in [0.3, 0.4) is 0 Å². The highest BCUT2D eigenvalue weighted by Crippen LogP contribution is 2.24. The van der Waals surface area contributed by atoms with E-state index in [-0.39, 0.29) is 0 Å². The normalized spacial score (nSPS) is 19.8. The largest absolute Gasteiger partial charge is 0.307 e. The first-order chi connectivity index (χ1) is 9.08. The molecule has 1 fully saturated rings. The van der Waals surface area contributed by atoms with Gasteiger partial charge in [0.1, 0.15) is 0 Å². The van der Waals surface area contributed by atoms with Crippen LogP contribution in [0.15, 0.2) is 28.7 Å². The van der Waals surface area contributed by atoms with Crippen molar-refractivity contribution in [2.45, 2.75) is 51.7 Å². The van der Waals surface area contributed by atoms with Gasteiger partial charge in [-0.05, 0) is 58.3 Å². The van der Waals surface area contributed by atoms with E-state index < -0.39 is 0 Å². The number of nitrogens with one attached hydrogen (secondary N) is 1. The van der Waals surface area contributed by atoms with Crippen LogP contribution in [-0.4, -0.2) is 30.1 Å². The monoisotopic (exact) mass is 324 g/mol. The van der Waals surface area contributed by atoms with Crippen molar-refractivity contribution in [3.63, 3.8) is 0 Å². The lowest BCUT2D eigenvalue weighted by atomic mass is 10.0. The summed E-state index contributed by atoms with van der Waals surface area (Å²) in [6.45, 7) is 9.28. The molecule has 0 bridgehead atoms. The molecule has 2 rings (SSSR count). The third-order valence-electron chi connectivity index (χ3n) is 4.12. The van der Waals surface area contributed by atoms with Crippen molar-refractivity contribution in [2.24, 2.45) is 0 Å². The molecule has 1 aliphatic heterocycles. The molecular formula is C16H25BrN2. The number of nitrogens with zero attached hydrogens (tertiary/aromatic N) is 1. The van der Waals surface area contributed by atoms with Gasteiger partial charge in [-0.1, -0.05) is 34.1 Å². The van der Waals surface area contributed by atoms with E-state index in [9.17, 15) is 0 Å². The molecule has 1 aromatic rings. The predicted molar refractivity (Wildman–Crippen MR) is 85.4 cm³/mol. The van der Waals surface area contributed by atoms with E-state index >= 15 is 0 Å². The highest BCUT2D eigenvalue weighted by Gasteiger charge is 2.22. The Morgan fingerprint density at radius 3 is 2.37 bits per heavy atom. The van der Waals surface area contributed by atoms with Crippen LogP contribution in [0, 0.1) is 0 Å². The first-order valence-corrected chi connectivity index (χ1v) is 8.11. The van der Waals surface area contributed by atoms with Gasteiger partial charge in [0, 0.05) is 22.6 Å². The first-order valence-electron chi connectivity index (χ1n) is 7.32. The fourth-order valence-corrected chi connectivity index (χ4v) is 3.48. The van der Waals surface area contributed by atoms with Gasteiger partial charge < -0.3 is 10.2 Å². The molecular weight excluding hydrogens is 300 g/mol. The van der Waals surface area contributed by atoms with Crippen molar-refractivity contribution in [3.8, 4) is 0 Å². The standard InChI is InChI=1S/C16H25BrN2/c1-12(2)19-10-8-14(9-11-19)18-13(3)15-6-4-5-7-16(15)17/h4-7,12-14,18H,8-11H2,1-3H3/t13-/m1/s1. The fourth-order valence-electron chi connectivity index (χ4n) is 2.85. The Morgan fingerprint density at radius 2 is 1.79 bits per heavy atom. The number of rotatable bonds is 4. The second-order valence-electron chi connectivity index (χ2n) is 5.81. The van der Waals surface area contributed by atoms with Gasteiger partial charge in [0.25, 0.3) is 0 Å². The van der Waals surface area contributed by atoms with E-state index in [0.717, 1.165) is 0 Å². The maximum absolute atomic E-state index is 3.78. The zero-order chi connectivity index (χ0) is 13.8. The molecule has 1 saturated heterocycles. The number of benzene rings is 1. The molecule has 0 unspecified atom stereocenters. The molecule has 1 aliphatic rings. The zero-order valence-electron chi connectivity index (χ0n) is 12.2. The minimum absolute atomic E-state index is 0.408. The number of hydrogen-bond acceptors (Lipinski definition) is 2. The zero-order valence-corrected chi connectivity index (χ0v) is 13.8. The molecule has 0 spiro atoms. The molecule has 2 nitrogen and oxygen atoms in total. The summed E-state index contributed by atoms with van der Waals surface area (Å²) in [6, 6.07) is 10.2. The SMILES string of the molecule is CC(C)N1CCC(N[C@H](C)c2ccccc2Br)CC1. The van der Waals surface area contributed by atoms with E-state index in [4.69, 9.17) is 0 Å². The van der Waals surface area contributed by atoms with E-state index in [1.54, 1.807) is 0 Å². The smallest absolute Gasteiger partial charge is 0.0305 e. The van der Waals surface area contributed by atoms with Crippen LogP contribution in [0.25, 0.3) is 0 Å². The maximum atomic E-state index is 3.78. The fraction of sp³-hybridized carbons (Fsp3) is 0.625. The van der Waals surface area contributed by atoms with Crippen molar-refractivity contribution >= 4 is 15.9 Å². The van der Waals surface area contributed by atoms with Crippen LogP contribution in [0.2, 0.25) is 0 Å². The second kappa shape index (κ2) is 6.87. The third-order valence-corrected chi connectivity index (χ3v) is 4.84. The lowest BCUT2D eigenvalue weighted by Crippen LogP contribution is -2.45. The Hall–Kier alpha value is -0.380. The van der Waals surface area contributed by atoms with Crippen molar-refractivity contribution < 1.29 is 0 Å². The molecule has 1 heterocycles. The quantitative estimate of drug-likeness (QED) is 0.901. The highest BCUT2D eigenvalue weighted by molar-refractivity contribution is 9.10. The maximum Gasteiger partial charge on any atom is 0.0305 e. The lowest BCUT2D eigenvalue weighted by molar-refractivity contribution is 0.157.